The van der Waals surface area contributed by atoms with Crippen LogP contribution >= 0.6 is 11.3 Å². The molecule has 5 heteroatoms. The van der Waals surface area contributed by atoms with Gasteiger partial charge in [-0.1, -0.05) is 64.3 Å². The second kappa shape index (κ2) is 9.41. The molecule has 0 N–H and O–H groups in total. The number of aromatic nitrogens is 1. The van der Waals surface area contributed by atoms with E-state index in [1.807, 2.05) is 11.9 Å². The van der Waals surface area contributed by atoms with Gasteiger partial charge in [-0.05, 0) is 36.3 Å². The third-order valence-electron chi connectivity index (χ3n) is 6.82. The fourth-order valence-corrected chi connectivity index (χ4v) is 5.92. The highest BCUT2D eigenvalue weighted by Gasteiger charge is 2.34. The van der Waals surface area contributed by atoms with Crippen molar-refractivity contribution in [3.05, 3.63) is 51.5 Å². The van der Waals surface area contributed by atoms with Gasteiger partial charge in [0.05, 0.1) is 16.7 Å². The van der Waals surface area contributed by atoms with Crippen LogP contribution in [-0.4, -0.2) is 40.3 Å². The number of rotatable bonds is 5. The normalized spacial score (nSPS) is 20.5. The van der Waals surface area contributed by atoms with Crippen molar-refractivity contribution >= 4 is 17.2 Å². The van der Waals surface area contributed by atoms with Crippen LogP contribution in [0.3, 0.4) is 0 Å². The lowest BCUT2D eigenvalue weighted by Gasteiger charge is -2.38. The van der Waals surface area contributed by atoms with E-state index < -0.39 is 0 Å². The molecular weight excluding hydrogens is 402 g/mol. The zero-order valence-corrected chi connectivity index (χ0v) is 20.4. The number of fused-ring (bicyclic) bond motifs is 1. The van der Waals surface area contributed by atoms with Gasteiger partial charge in [-0.15, -0.1) is 11.3 Å². The average Bonchev–Trinajstić information content (AvgIpc) is 3.22. The lowest BCUT2D eigenvalue weighted by Crippen LogP contribution is -2.51. The van der Waals surface area contributed by atoms with E-state index in [1.54, 1.807) is 11.3 Å². The molecule has 1 saturated carbocycles. The largest absolute Gasteiger partial charge is 0.344 e. The molecular formula is C26H37N3OS. The summed E-state index contributed by atoms with van der Waals surface area (Å²) in [6.07, 6.45) is 7.31. The molecule has 1 aromatic heterocycles. The molecule has 1 aliphatic heterocycles. The molecule has 1 amide bonds. The highest BCUT2D eigenvalue weighted by atomic mass is 32.1. The first-order valence-electron chi connectivity index (χ1n) is 11.8. The molecule has 2 aromatic rings. The fraction of sp³-hybridized carbons (Fsp3) is 0.615. The minimum Gasteiger partial charge on any atom is -0.344 e. The predicted molar refractivity (Wildman–Crippen MR) is 128 cm³/mol. The van der Waals surface area contributed by atoms with Crippen molar-refractivity contribution in [3.63, 3.8) is 0 Å². The van der Waals surface area contributed by atoms with Gasteiger partial charge in [-0.3, -0.25) is 9.69 Å². The first-order chi connectivity index (χ1) is 14.8. The van der Waals surface area contributed by atoms with Crippen LogP contribution in [0.25, 0.3) is 0 Å². The van der Waals surface area contributed by atoms with E-state index in [0.29, 0.717) is 5.92 Å². The zero-order chi connectivity index (χ0) is 22.0. The van der Waals surface area contributed by atoms with Crippen LogP contribution in [-0.2, 0) is 29.7 Å². The third-order valence-corrected chi connectivity index (χ3v) is 8.14. The van der Waals surface area contributed by atoms with Gasteiger partial charge in [0.1, 0.15) is 0 Å². The van der Waals surface area contributed by atoms with E-state index in [0.717, 1.165) is 36.8 Å². The number of hydrogen-bond donors (Lipinski definition) is 0. The molecule has 168 valence electrons. The Kier molecular flexibility index (Phi) is 6.83. The van der Waals surface area contributed by atoms with E-state index in [4.69, 9.17) is 4.98 Å². The molecule has 0 unspecified atom stereocenters. The Morgan fingerprint density at radius 1 is 1.16 bits per heavy atom. The van der Waals surface area contributed by atoms with Crippen LogP contribution in [0, 0.1) is 5.92 Å². The Morgan fingerprint density at radius 2 is 1.87 bits per heavy atom. The first-order valence-corrected chi connectivity index (χ1v) is 12.7. The summed E-state index contributed by atoms with van der Waals surface area (Å²) in [6, 6.07) is 8.49. The standard InChI is InChI=1S/C26H37N3OS/c1-26(2,3)25-27-22(18-31-25)17-29-16-21-13-9-8-12-20(21)14-23(29)24(30)28(4)15-19-10-6-5-7-11-19/h8-9,12-13,18-19,23H,5-7,10-11,14-17H2,1-4H3/t23-/m1/s1. The summed E-state index contributed by atoms with van der Waals surface area (Å²) in [7, 11) is 2.01. The third kappa shape index (κ3) is 5.38. The second-order valence-corrected chi connectivity index (χ2v) is 11.4. The van der Waals surface area contributed by atoms with Gasteiger partial charge in [-0.25, -0.2) is 4.98 Å². The van der Waals surface area contributed by atoms with Crippen molar-refractivity contribution in [3.8, 4) is 0 Å². The predicted octanol–water partition coefficient (Wildman–Crippen LogP) is 5.41. The summed E-state index contributed by atoms with van der Waals surface area (Å²) in [5.74, 6) is 0.936. The minimum atomic E-state index is -0.108. The molecule has 1 aliphatic carbocycles. The summed E-state index contributed by atoms with van der Waals surface area (Å²) >= 11 is 1.74. The SMILES string of the molecule is CN(CC1CCCCC1)C(=O)[C@H]1Cc2ccccc2CN1Cc1csc(C(C)(C)C)n1. The Labute approximate surface area is 191 Å². The monoisotopic (exact) mass is 439 g/mol. The number of carbonyl (C=O) groups excluding carboxylic acids is 1. The zero-order valence-electron chi connectivity index (χ0n) is 19.6. The van der Waals surface area contributed by atoms with E-state index in [-0.39, 0.29) is 17.4 Å². The summed E-state index contributed by atoms with van der Waals surface area (Å²) < 4.78 is 0. The van der Waals surface area contributed by atoms with Gasteiger partial charge in [-0.2, -0.15) is 0 Å². The molecule has 2 heterocycles. The first kappa shape index (κ1) is 22.5. The summed E-state index contributed by atoms with van der Waals surface area (Å²) in [5, 5.41) is 3.34. The van der Waals surface area contributed by atoms with Crippen molar-refractivity contribution in [2.45, 2.75) is 83.8 Å². The van der Waals surface area contributed by atoms with E-state index in [9.17, 15) is 4.79 Å². The molecule has 2 aliphatic rings. The van der Waals surface area contributed by atoms with Crippen LogP contribution in [0.4, 0.5) is 0 Å². The molecule has 0 spiro atoms. The minimum absolute atomic E-state index is 0.0624. The van der Waals surface area contributed by atoms with Crippen molar-refractivity contribution in [2.75, 3.05) is 13.6 Å². The Balaban J connectivity index is 1.52. The average molecular weight is 440 g/mol. The highest BCUT2D eigenvalue weighted by molar-refractivity contribution is 7.09. The van der Waals surface area contributed by atoms with Crippen molar-refractivity contribution in [1.82, 2.24) is 14.8 Å². The maximum absolute atomic E-state index is 13.6. The van der Waals surface area contributed by atoms with Crippen LogP contribution in [0.15, 0.2) is 29.6 Å². The van der Waals surface area contributed by atoms with Gasteiger partial charge >= 0.3 is 0 Å². The Bertz CT molecular complexity index is 894. The molecule has 0 bridgehead atoms. The lowest BCUT2D eigenvalue weighted by molar-refractivity contribution is -0.137. The van der Waals surface area contributed by atoms with Gasteiger partial charge in [0.25, 0.3) is 0 Å². The van der Waals surface area contributed by atoms with Gasteiger partial charge in [0.2, 0.25) is 5.91 Å². The van der Waals surface area contributed by atoms with Gasteiger partial charge in [0, 0.05) is 37.5 Å². The number of amides is 1. The van der Waals surface area contributed by atoms with Crippen LogP contribution in [0.5, 0.6) is 0 Å². The second-order valence-electron chi connectivity index (χ2n) is 10.5. The number of nitrogens with zero attached hydrogens (tertiary/aromatic N) is 3. The highest BCUT2D eigenvalue weighted by Crippen LogP contribution is 2.30. The van der Waals surface area contributed by atoms with Crippen LogP contribution in [0.2, 0.25) is 0 Å². The maximum Gasteiger partial charge on any atom is 0.240 e. The smallest absolute Gasteiger partial charge is 0.240 e. The number of likely N-dealkylation sites (N-methyl/N-ethyl adjacent to an activating group) is 1. The van der Waals surface area contributed by atoms with Gasteiger partial charge in [0.15, 0.2) is 0 Å². The molecule has 4 nitrogen and oxygen atoms in total. The van der Waals surface area contributed by atoms with Crippen molar-refractivity contribution < 1.29 is 4.79 Å². The number of benzene rings is 1. The lowest BCUT2D eigenvalue weighted by atomic mass is 9.88. The Hall–Kier alpha value is -1.72. The number of hydrogen-bond acceptors (Lipinski definition) is 4. The summed E-state index contributed by atoms with van der Waals surface area (Å²) in [6.45, 7) is 9.06. The molecule has 31 heavy (non-hydrogen) atoms. The van der Waals surface area contributed by atoms with E-state index >= 15 is 0 Å². The topological polar surface area (TPSA) is 36.4 Å². The fourth-order valence-electron chi connectivity index (χ4n) is 5.02. The number of thiazole rings is 1. The van der Waals surface area contributed by atoms with E-state index in [1.165, 1.54) is 43.2 Å². The van der Waals surface area contributed by atoms with Crippen LogP contribution < -0.4 is 0 Å². The molecule has 0 saturated heterocycles. The maximum atomic E-state index is 13.6. The number of carbonyl (C=O) groups is 1. The van der Waals surface area contributed by atoms with Crippen molar-refractivity contribution in [1.29, 1.82) is 0 Å². The van der Waals surface area contributed by atoms with E-state index in [2.05, 4.69) is 55.3 Å². The van der Waals surface area contributed by atoms with Gasteiger partial charge < -0.3 is 4.90 Å². The molecule has 1 fully saturated rings. The molecule has 0 radical (unpaired) electrons. The van der Waals surface area contributed by atoms with Crippen LogP contribution in [0.1, 0.15) is 74.7 Å². The summed E-state index contributed by atoms with van der Waals surface area (Å²) in [4.78, 5) is 22.9. The Morgan fingerprint density at radius 3 is 2.55 bits per heavy atom. The summed E-state index contributed by atoms with van der Waals surface area (Å²) in [5.41, 5.74) is 3.80. The van der Waals surface area contributed by atoms with Crippen molar-refractivity contribution in [2.24, 2.45) is 5.92 Å². The molecule has 1 atom stereocenters. The quantitative estimate of drug-likeness (QED) is 0.625. The molecule has 1 aromatic carbocycles. The molecule has 4 rings (SSSR count).